The third kappa shape index (κ3) is 5.37. The van der Waals surface area contributed by atoms with Crippen LogP contribution < -0.4 is 0 Å². The lowest BCUT2D eigenvalue weighted by atomic mass is 10.0. The van der Waals surface area contributed by atoms with Gasteiger partial charge >= 0.3 is 0 Å². The second-order valence-electron chi connectivity index (χ2n) is 7.14. The number of hydrogen-bond donors (Lipinski definition) is 0. The van der Waals surface area contributed by atoms with Gasteiger partial charge in [0, 0.05) is 31.6 Å². The lowest BCUT2D eigenvalue weighted by molar-refractivity contribution is 0.189. The van der Waals surface area contributed by atoms with Crippen LogP contribution in [0.5, 0.6) is 0 Å². The molecule has 1 heterocycles. The fourth-order valence-electron chi connectivity index (χ4n) is 3.38. The number of hydrogen-bond acceptors (Lipinski definition) is 4. The van der Waals surface area contributed by atoms with E-state index >= 15 is 0 Å². The van der Waals surface area contributed by atoms with Crippen LogP contribution in [0.4, 0.5) is 0 Å². The highest BCUT2D eigenvalue weighted by atomic mass is 35.5. The van der Waals surface area contributed by atoms with Crippen molar-refractivity contribution in [2.24, 2.45) is 0 Å². The number of methoxy groups -OCH3 is 1. The van der Waals surface area contributed by atoms with Crippen molar-refractivity contribution in [2.45, 2.75) is 23.9 Å². The van der Waals surface area contributed by atoms with Crippen molar-refractivity contribution in [2.75, 3.05) is 13.7 Å². The SMILES string of the molecule is COCCCn1c(SCc2ccc(-c3ccccc3)cc2)nnc1-c1ccccc1Cl. The van der Waals surface area contributed by atoms with Crippen LogP contribution in [0.1, 0.15) is 12.0 Å². The van der Waals surface area contributed by atoms with E-state index in [4.69, 9.17) is 16.3 Å². The average molecular weight is 450 g/mol. The normalized spacial score (nSPS) is 11.0. The van der Waals surface area contributed by atoms with Crippen molar-refractivity contribution < 1.29 is 4.74 Å². The third-order valence-electron chi connectivity index (χ3n) is 4.99. The van der Waals surface area contributed by atoms with Crippen molar-refractivity contribution in [3.63, 3.8) is 0 Å². The molecule has 0 saturated heterocycles. The minimum atomic E-state index is 0.677. The summed E-state index contributed by atoms with van der Waals surface area (Å²) in [6, 6.07) is 26.9. The Morgan fingerprint density at radius 3 is 2.32 bits per heavy atom. The van der Waals surface area contributed by atoms with Gasteiger partial charge in [-0.25, -0.2) is 0 Å². The zero-order valence-electron chi connectivity index (χ0n) is 17.4. The average Bonchev–Trinajstić information content (AvgIpc) is 3.21. The second kappa shape index (κ2) is 10.6. The van der Waals surface area contributed by atoms with Crippen LogP contribution in [0.15, 0.2) is 84.0 Å². The summed E-state index contributed by atoms with van der Waals surface area (Å²) in [5, 5.41) is 10.5. The van der Waals surface area contributed by atoms with Crippen LogP contribution in [-0.2, 0) is 17.0 Å². The first-order chi connectivity index (χ1) is 15.3. The smallest absolute Gasteiger partial charge is 0.191 e. The molecular weight excluding hydrogens is 426 g/mol. The summed E-state index contributed by atoms with van der Waals surface area (Å²) in [7, 11) is 1.72. The van der Waals surface area contributed by atoms with Gasteiger partial charge in [0.2, 0.25) is 0 Å². The Balaban J connectivity index is 1.52. The number of benzene rings is 3. The lowest BCUT2D eigenvalue weighted by Gasteiger charge is -2.11. The van der Waals surface area contributed by atoms with E-state index < -0.39 is 0 Å². The van der Waals surface area contributed by atoms with E-state index in [0.717, 1.165) is 35.3 Å². The van der Waals surface area contributed by atoms with E-state index in [2.05, 4.69) is 63.3 Å². The second-order valence-corrected chi connectivity index (χ2v) is 8.49. The van der Waals surface area contributed by atoms with Gasteiger partial charge in [-0.05, 0) is 35.2 Å². The fraction of sp³-hybridized carbons (Fsp3) is 0.200. The maximum absolute atomic E-state index is 6.43. The molecule has 0 atom stereocenters. The maximum Gasteiger partial charge on any atom is 0.191 e. The van der Waals surface area contributed by atoms with Crippen LogP contribution in [0, 0.1) is 0 Å². The molecule has 0 fully saturated rings. The van der Waals surface area contributed by atoms with E-state index in [9.17, 15) is 0 Å². The van der Waals surface area contributed by atoms with Gasteiger partial charge in [0.25, 0.3) is 0 Å². The molecule has 4 aromatic rings. The monoisotopic (exact) mass is 449 g/mol. The predicted molar refractivity (Wildman–Crippen MR) is 128 cm³/mol. The molecule has 0 bridgehead atoms. The van der Waals surface area contributed by atoms with E-state index in [1.165, 1.54) is 16.7 Å². The number of nitrogens with zero attached hydrogens (tertiary/aromatic N) is 3. The summed E-state index contributed by atoms with van der Waals surface area (Å²) < 4.78 is 7.38. The maximum atomic E-state index is 6.43. The molecule has 4 rings (SSSR count). The van der Waals surface area contributed by atoms with Crippen LogP contribution in [0.3, 0.4) is 0 Å². The van der Waals surface area contributed by atoms with Gasteiger partial charge in [0.1, 0.15) is 0 Å². The molecule has 6 heteroatoms. The molecule has 0 amide bonds. The van der Waals surface area contributed by atoms with E-state index in [1.54, 1.807) is 18.9 Å². The number of rotatable bonds is 9. The van der Waals surface area contributed by atoms with E-state index in [0.29, 0.717) is 11.6 Å². The number of thioether (sulfide) groups is 1. The van der Waals surface area contributed by atoms with Crippen LogP contribution in [-0.4, -0.2) is 28.5 Å². The molecular formula is C25H24ClN3OS. The molecule has 4 nitrogen and oxygen atoms in total. The van der Waals surface area contributed by atoms with E-state index in [1.807, 2.05) is 30.3 Å². The molecule has 0 unspecified atom stereocenters. The molecule has 3 aromatic carbocycles. The molecule has 0 radical (unpaired) electrons. The standard InChI is InChI=1S/C25H24ClN3OS/c1-30-17-7-16-29-24(22-10-5-6-11-23(22)26)27-28-25(29)31-18-19-12-14-21(15-13-19)20-8-3-2-4-9-20/h2-6,8-15H,7,16-18H2,1H3. The van der Waals surface area contributed by atoms with Gasteiger partial charge in [-0.2, -0.15) is 0 Å². The molecule has 158 valence electrons. The summed E-state index contributed by atoms with van der Waals surface area (Å²) in [6.07, 6.45) is 0.880. The molecule has 0 aliphatic heterocycles. The Bertz CT molecular complexity index is 1110. The Morgan fingerprint density at radius 2 is 1.58 bits per heavy atom. The van der Waals surface area contributed by atoms with E-state index in [-0.39, 0.29) is 0 Å². The molecule has 0 aliphatic rings. The van der Waals surface area contributed by atoms with Crippen molar-refractivity contribution >= 4 is 23.4 Å². The Morgan fingerprint density at radius 1 is 0.871 bits per heavy atom. The Kier molecular flexibility index (Phi) is 7.41. The molecule has 0 saturated carbocycles. The van der Waals surface area contributed by atoms with Gasteiger partial charge < -0.3 is 9.30 Å². The van der Waals surface area contributed by atoms with Crippen LogP contribution in [0.2, 0.25) is 5.02 Å². The number of halogens is 1. The predicted octanol–water partition coefficient (Wildman–Crippen LogP) is 6.59. The molecule has 31 heavy (non-hydrogen) atoms. The van der Waals surface area contributed by atoms with Crippen LogP contribution >= 0.6 is 23.4 Å². The van der Waals surface area contributed by atoms with Gasteiger partial charge in [-0.3, -0.25) is 0 Å². The molecule has 0 N–H and O–H groups in total. The Hall–Kier alpha value is -2.60. The molecule has 0 aliphatic carbocycles. The molecule has 0 spiro atoms. The van der Waals surface area contributed by atoms with Crippen molar-refractivity contribution in [3.05, 3.63) is 89.4 Å². The largest absolute Gasteiger partial charge is 0.385 e. The van der Waals surface area contributed by atoms with Crippen molar-refractivity contribution in [1.82, 2.24) is 14.8 Å². The van der Waals surface area contributed by atoms with Crippen molar-refractivity contribution in [3.8, 4) is 22.5 Å². The van der Waals surface area contributed by atoms with Crippen LogP contribution in [0.25, 0.3) is 22.5 Å². The third-order valence-corrected chi connectivity index (χ3v) is 6.36. The zero-order chi connectivity index (χ0) is 21.5. The summed E-state index contributed by atoms with van der Waals surface area (Å²) >= 11 is 8.11. The first-order valence-electron chi connectivity index (χ1n) is 10.2. The number of ether oxygens (including phenoxy) is 1. The summed E-state index contributed by atoms with van der Waals surface area (Å²) in [4.78, 5) is 0. The number of aromatic nitrogens is 3. The summed E-state index contributed by atoms with van der Waals surface area (Å²) in [5.41, 5.74) is 4.59. The topological polar surface area (TPSA) is 39.9 Å². The first-order valence-corrected chi connectivity index (χ1v) is 11.6. The summed E-state index contributed by atoms with van der Waals surface area (Å²) in [6.45, 7) is 1.46. The lowest BCUT2D eigenvalue weighted by Crippen LogP contribution is -2.05. The van der Waals surface area contributed by atoms with Gasteiger partial charge in [0.05, 0.1) is 5.02 Å². The first kappa shape index (κ1) is 21.6. The quantitative estimate of drug-likeness (QED) is 0.213. The van der Waals surface area contributed by atoms with Gasteiger partial charge in [-0.15, -0.1) is 10.2 Å². The van der Waals surface area contributed by atoms with Crippen molar-refractivity contribution in [1.29, 1.82) is 0 Å². The molecule has 1 aromatic heterocycles. The summed E-state index contributed by atoms with van der Waals surface area (Å²) in [5.74, 6) is 1.61. The highest BCUT2D eigenvalue weighted by molar-refractivity contribution is 7.98. The van der Waals surface area contributed by atoms with Gasteiger partial charge in [-0.1, -0.05) is 90.1 Å². The fourth-order valence-corrected chi connectivity index (χ4v) is 4.52. The highest BCUT2D eigenvalue weighted by Gasteiger charge is 2.16. The zero-order valence-corrected chi connectivity index (χ0v) is 18.9. The van der Waals surface area contributed by atoms with Gasteiger partial charge in [0.15, 0.2) is 11.0 Å². The minimum Gasteiger partial charge on any atom is -0.385 e. The highest BCUT2D eigenvalue weighted by Crippen LogP contribution is 2.31. The minimum absolute atomic E-state index is 0.677. The Labute approximate surface area is 192 Å².